The average Bonchev–Trinajstić information content (AvgIpc) is 3.30. The fraction of sp³-hybridized carbons (Fsp3) is 0.440. The zero-order chi connectivity index (χ0) is 24.2. The molecule has 1 saturated carbocycles. The van der Waals surface area contributed by atoms with Crippen molar-refractivity contribution >= 4 is 21.7 Å². The van der Waals surface area contributed by atoms with Crippen molar-refractivity contribution in [3.05, 3.63) is 65.0 Å². The molecule has 0 bridgehead atoms. The number of nitrogens with zero attached hydrogens (tertiary/aromatic N) is 1. The lowest BCUT2D eigenvalue weighted by Gasteiger charge is -2.33. The number of carbonyl (C=O) groups is 2. The molecule has 178 valence electrons. The Balaban J connectivity index is 1.81. The lowest BCUT2D eigenvalue weighted by molar-refractivity contribution is -0.138. The molecule has 1 fully saturated rings. The highest BCUT2D eigenvalue weighted by molar-refractivity contribution is 7.93. The average molecular weight is 475 g/mol. The summed E-state index contributed by atoms with van der Waals surface area (Å²) in [5, 5.41) is 2.72. The summed E-state index contributed by atoms with van der Waals surface area (Å²) in [7, 11) is -3.96. The van der Waals surface area contributed by atoms with E-state index in [1.54, 1.807) is 38.1 Å². The molecule has 8 heteroatoms. The molecule has 2 aromatic rings. The van der Waals surface area contributed by atoms with Gasteiger partial charge in [0.2, 0.25) is 11.8 Å². The van der Waals surface area contributed by atoms with Crippen LogP contribution in [0.15, 0.2) is 47.4 Å². The smallest absolute Gasteiger partial charge is 0.244 e. The van der Waals surface area contributed by atoms with Gasteiger partial charge in [-0.05, 0) is 68.5 Å². The molecule has 1 N–H and O–H groups in total. The van der Waals surface area contributed by atoms with Gasteiger partial charge < -0.3 is 10.2 Å². The van der Waals surface area contributed by atoms with E-state index in [0.29, 0.717) is 18.4 Å². The van der Waals surface area contributed by atoms with Crippen LogP contribution in [0.1, 0.15) is 49.3 Å². The molecule has 0 heterocycles. The maximum atomic E-state index is 13.8. The van der Waals surface area contributed by atoms with Crippen molar-refractivity contribution in [2.75, 3.05) is 13.1 Å². The summed E-state index contributed by atoms with van der Waals surface area (Å²) >= 11 is 0. The van der Waals surface area contributed by atoms with Crippen LogP contribution in [0, 0.1) is 19.7 Å². The van der Waals surface area contributed by atoms with Crippen LogP contribution in [-0.4, -0.2) is 43.0 Å². The number of aryl methyl sites for hydroxylation is 2. The van der Waals surface area contributed by atoms with E-state index >= 15 is 0 Å². The van der Waals surface area contributed by atoms with Crippen molar-refractivity contribution in [3.63, 3.8) is 0 Å². The minimum atomic E-state index is -3.96. The Morgan fingerprint density at radius 3 is 2.30 bits per heavy atom. The minimum absolute atomic E-state index is 0.189. The van der Waals surface area contributed by atoms with Gasteiger partial charge in [-0.15, -0.1) is 0 Å². The molecule has 33 heavy (non-hydrogen) atoms. The van der Waals surface area contributed by atoms with Gasteiger partial charge in [0, 0.05) is 13.1 Å². The summed E-state index contributed by atoms with van der Waals surface area (Å²) in [4.78, 5) is 27.8. The molecule has 0 unspecified atom stereocenters. The Hall–Kier alpha value is -2.74. The van der Waals surface area contributed by atoms with Gasteiger partial charge in [0.1, 0.15) is 5.82 Å². The number of benzene rings is 2. The summed E-state index contributed by atoms with van der Waals surface area (Å²) in [6.45, 7) is 5.47. The van der Waals surface area contributed by atoms with E-state index in [1.165, 1.54) is 17.0 Å². The SMILES string of the molecule is CCN(CC(=O)NCc1ccc(F)cc1)C(=O)C1(S(=O)(=O)c2cc(C)ccc2C)CCCC1. The van der Waals surface area contributed by atoms with Crippen molar-refractivity contribution in [2.45, 2.75) is 62.6 Å². The molecule has 0 spiro atoms. The van der Waals surface area contributed by atoms with Crippen LogP contribution in [-0.2, 0) is 26.0 Å². The Morgan fingerprint density at radius 1 is 1.06 bits per heavy atom. The van der Waals surface area contributed by atoms with Crippen molar-refractivity contribution < 1.29 is 22.4 Å². The van der Waals surface area contributed by atoms with E-state index in [0.717, 1.165) is 11.1 Å². The van der Waals surface area contributed by atoms with Crippen LogP contribution in [0.5, 0.6) is 0 Å². The summed E-state index contributed by atoms with van der Waals surface area (Å²) in [6.07, 6.45) is 1.78. The molecule has 3 rings (SSSR count). The van der Waals surface area contributed by atoms with E-state index in [2.05, 4.69) is 5.32 Å². The zero-order valence-corrected chi connectivity index (χ0v) is 20.2. The Morgan fingerprint density at radius 2 is 1.70 bits per heavy atom. The van der Waals surface area contributed by atoms with Gasteiger partial charge in [-0.2, -0.15) is 0 Å². The van der Waals surface area contributed by atoms with Gasteiger partial charge in [0.05, 0.1) is 11.4 Å². The van der Waals surface area contributed by atoms with E-state index in [-0.39, 0.29) is 43.2 Å². The molecule has 0 radical (unpaired) electrons. The first kappa shape index (κ1) is 24.9. The van der Waals surface area contributed by atoms with E-state index < -0.39 is 26.4 Å². The van der Waals surface area contributed by atoms with Crippen molar-refractivity contribution in [1.29, 1.82) is 0 Å². The predicted octanol–water partition coefficient (Wildman–Crippen LogP) is 3.69. The number of likely N-dealkylation sites (N-methyl/N-ethyl adjacent to an activating group) is 1. The predicted molar refractivity (Wildman–Crippen MR) is 125 cm³/mol. The molecule has 1 aliphatic rings. The lowest BCUT2D eigenvalue weighted by atomic mass is 10.1. The van der Waals surface area contributed by atoms with Gasteiger partial charge in [-0.3, -0.25) is 9.59 Å². The minimum Gasteiger partial charge on any atom is -0.350 e. The fourth-order valence-corrected chi connectivity index (χ4v) is 6.84. The Kier molecular flexibility index (Phi) is 7.57. The van der Waals surface area contributed by atoms with Gasteiger partial charge in [-0.1, -0.05) is 37.1 Å². The van der Waals surface area contributed by atoms with E-state index in [4.69, 9.17) is 0 Å². The standard InChI is InChI=1S/C25H31FN2O4S/c1-4-28(17-23(29)27-16-20-9-11-21(26)12-10-20)24(30)25(13-5-6-14-25)33(31,32)22-15-18(2)7-8-19(22)3/h7-12,15H,4-6,13-14,16-17H2,1-3H3,(H,27,29). The van der Waals surface area contributed by atoms with Crippen LogP contribution >= 0.6 is 0 Å². The Bertz CT molecular complexity index is 1120. The third-order valence-electron chi connectivity index (χ3n) is 6.35. The summed E-state index contributed by atoms with van der Waals surface area (Å²) in [5.74, 6) is -1.27. The van der Waals surface area contributed by atoms with Crippen LogP contribution in [0.25, 0.3) is 0 Å². The first-order valence-corrected chi connectivity index (χ1v) is 12.7. The number of hydrogen-bond donors (Lipinski definition) is 1. The van der Waals surface area contributed by atoms with E-state index in [9.17, 15) is 22.4 Å². The summed E-state index contributed by atoms with van der Waals surface area (Å²) in [6, 6.07) is 11.0. The van der Waals surface area contributed by atoms with Gasteiger partial charge in [0.15, 0.2) is 14.6 Å². The molecule has 0 atom stereocenters. The number of carbonyl (C=O) groups excluding carboxylic acids is 2. The normalized spacial score (nSPS) is 15.3. The Labute approximate surface area is 195 Å². The second kappa shape index (κ2) is 10.0. The fourth-order valence-electron chi connectivity index (χ4n) is 4.40. The maximum Gasteiger partial charge on any atom is 0.244 e. The van der Waals surface area contributed by atoms with Crippen molar-refractivity contribution in [3.8, 4) is 0 Å². The summed E-state index contributed by atoms with van der Waals surface area (Å²) < 4.78 is 39.2. The van der Waals surface area contributed by atoms with Crippen LogP contribution in [0.3, 0.4) is 0 Å². The third-order valence-corrected chi connectivity index (χ3v) is 8.99. The summed E-state index contributed by atoms with van der Waals surface area (Å²) in [5.41, 5.74) is 2.15. The first-order chi connectivity index (χ1) is 15.6. The number of sulfone groups is 1. The second-order valence-electron chi connectivity index (χ2n) is 8.70. The highest BCUT2D eigenvalue weighted by Crippen LogP contribution is 2.43. The van der Waals surface area contributed by atoms with Crippen molar-refractivity contribution in [2.24, 2.45) is 0 Å². The number of halogens is 1. The molecule has 2 aromatic carbocycles. The quantitative estimate of drug-likeness (QED) is 0.633. The van der Waals surface area contributed by atoms with Gasteiger partial charge in [-0.25, -0.2) is 12.8 Å². The van der Waals surface area contributed by atoms with E-state index in [1.807, 2.05) is 13.0 Å². The molecule has 6 nitrogen and oxygen atoms in total. The van der Waals surface area contributed by atoms with Crippen LogP contribution < -0.4 is 5.32 Å². The molecule has 0 aliphatic heterocycles. The van der Waals surface area contributed by atoms with Crippen molar-refractivity contribution in [1.82, 2.24) is 10.2 Å². The largest absolute Gasteiger partial charge is 0.350 e. The molecule has 0 saturated heterocycles. The molecule has 1 aliphatic carbocycles. The van der Waals surface area contributed by atoms with Gasteiger partial charge in [0.25, 0.3) is 0 Å². The van der Waals surface area contributed by atoms with Crippen LogP contribution in [0.2, 0.25) is 0 Å². The monoisotopic (exact) mass is 474 g/mol. The number of nitrogens with one attached hydrogen (secondary N) is 1. The van der Waals surface area contributed by atoms with Crippen LogP contribution in [0.4, 0.5) is 4.39 Å². The molecular formula is C25H31FN2O4S. The highest BCUT2D eigenvalue weighted by atomic mass is 32.2. The van der Waals surface area contributed by atoms with Gasteiger partial charge >= 0.3 is 0 Å². The third kappa shape index (κ3) is 5.11. The molecule has 2 amide bonds. The molecular weight excluding hydrogens is 443 g/mol. The first-order valence-electron chi connectivity index (χ1n) is 11.2. The second-order valence-corrected chi connectivity index (χ2v) is 10.9. The topological polar surface area (TPSA) is 83.6 Å². The zero-order valence-electron chi connectivity index (χ0n) is 19.4. The highest BCUT2D eigenvalue weighted by Gasteiger charge is 2.54. The maximum absolute atomic E-state index is 13.8. The number of rotatable bonds is 8. The number of hydrogen-bond acceptors (Lipinski definition) is 4. The molecule has 0 aromatic heterocycles. The lowest BCUT2D eigenvalue weighted by Crippen LogP contribution is -2.54. The number of amides is 2.